The molecule has 1 fully saturated rings. The van der Waals surface area contributed by atoms with E-state index in [2.05, 4.69) is 10.6 Å². The second-order valence-corrected chi connectivity index (χ2v) is 7.18. The van der Waals surface area contributed by atoms with Crippen molar-refractivity contribution in [2.75, 3.05) is 5.32 Å². The molecule has 2 aromatic rings. The molecule has 2 N–H and O–H groups in total. The highest BCUT2D eigenvalue weighted by molar-refractivity contribution is 5.67. The number of ether oxygens (including phenoxy) is 1. The molecule has 1 aliphatic carbocycles. The molecule has 1 saturated carbocycles. The van der Waals surface area contributed by atoms with E-state index in [-0.39, 0.29) is 29.3 Å². The van der Waals surface area contributed by atoms with Gasteiger partial charge < -0.3 is 15.4 Å². The topological polar surface area (TPSA) is 93.5 Å². The first-order valence-electron chi connectivity index (χ1n) is 9.50. The van der Waals surface area contributed by atoms with Crippen LogP contribution >= 0.6 is 0 Å². The van der Waals surface area contributed by atoms with Gasteiger partial charge in [0, 0.05) is 18.2 Å². The molecule has 7 heteroatoms. The van der Waals surface area contributed by atoms with E-state index in [9.17, 15) is 14.9 Å². The van der Waals surface area contributed by atoms with Gasteiger partial charge >= 0.3 is 6.09 Å². The molecule has 28 heavy (non-hydrogen) atoms. The first-order chi connectivity index (χ1) is 13.5. The molecule has 0 aromatic heterocycles. The van der Waals surface area contributed by atoms with Crippen molar-refractivity contribution in [3.05, 3.63) is 69.8 Å². The van der Waals surface area contributed by atoms with E-state index in [0.717, 1.165) is 36.8 Å². The predicted molar refractivity (Wildman–Crippen MR) is 107 cm³/mol. The van der Waals surface area contributed by atoms with Crippen LogP contribution in [0.4, 0.5) is 16.2 Å². The lowest BCUT2D eigenvalue weighted by Gasteiger charge is -2.30. The molecule has 0 spiro atoms. The van der Waals surface area contributed by atoms with Gasteiger partial charge in [0.2, 0.25) is 0 Å². The number of aryl methyl sites for hydroxylation is 1. The molecule has 1 aliphatic rings. The average molecular weight is 383 g/mol. The zero-order valence-electron chi connectivity index (χ0n) is 15.9. The van der Waals surface area contributed by atoms with E-state index in [1.165, 1.54) is 0 Å². The number of rotatable bonds is 6. The minimum absolute atomic E-state index is 0.0642. The number of carbonyl (C=O) groups excluding carboxylic acids is 1. The summed E-state index contributed by atoms with van der Waals surface area (Å²) < 4.78 is 5.27. The summed E-state index contributed by atoms with van der Waals surface area (Å²) in [6.07, 6.45) is 2.85. The van der Waals surface area contributed by atoms with Crippen LogP contribution in [-0.2, 0) is 11.3 Å². The fraction of sp³-hybridized carbons (Fsp3) is 0.381. The van der Waals surface area contributed by atoms with Gasteiger partial charge in [-0.25, -0.2) is 4.79 Å². The zero-order chi connectivity index (χ0) is 19.9. The largest absolute Gasteiger partial charge is 0.445 e. The number of carbonyl (C=O) groups is 1. The summed E-state index contributed by atoms with van der Waals surface area (Å²) in [5, 5.41) is 17.5. The number of anilines is 1. The standard InChI is InChI=1S/C21H25N3O4/c1-15-7-12-19(20(13-15)24(26)27)22-17-8-10-18(11-9-17)23-21(25)28-14-16-5-3-2-4-6-16/h2-7,12-13,17-18,22H,8-11,14H2,1H3,(H,23,25). The fourth-order valence-electron chi connectivity index (χ4n) is 3.45. The predicted octanol–water partition coefficient (Wildman–Crippen LogP) is 4.55. The molecule has 0 unspecified atom stereocenters. The number of hydrogen-bond acceptors (Lipinski definition) is 5. The average Bonchev–Trinajstić information content (AvgIpc) is 2.70. The van der Waals surface area contributed by atoms with Crippen molar-refractivity contribution in [3.63, 3.8) is 0 Å². The van der Waals surface area contributed by atoms with Crippen LogP contribution in [0.25, 0.3) is 0 Å². The Morgan fingerprint density at radius 2 is 1.79 bits per heavy atom. The second-order valence-electron chi connectivity index (χ2n) is 7.18. The smallest absolute Gasteiger partial charge is 0.407 e. The van der Waals surface area contributed by atoms with E-state index in [1.807, 2.05) is 43.3 Å². The Morgan fingerprint density at radius 1 is 1.11 bits per heavy atom. The van der Waals surface area contributed by atoms with Gasteiger partial charge in [-0.2, -0.15) is 0 Å². The summed E-state index contributed by atoms with van der Waals surface area (Å²) in [5.41, 5.74) is 2.46. The highest BCUT2D eigenvalue weighted by Gasteiger charge is 2.24. The van der Waals surface area contributed by atoms with E-state index < -0.39 is 6.09 Å². The Kier molecular flexibility index (Phi) is 6.47. The van der Waals surface area contributed by atoms with Crippen LogP contribution in [0.2, 0.25) is 0 Å². The number of nitrogens with zero attached hydrogens (tertiary/aromatic N) is 1. The van der Waals surface area contributed by atoms with E-state index >= 15 is 0 Å². The lowest BCUT2D eigenvalue weighted by atomic mass is 9.91. The maximum atomic E-state index is 12.0. The van der Waals surface area contributed by atoms with Gasteiger partial charge in [0.15, 0.2) is 0 Å². The van der Waals surface area contributed by atoms with Crippen molar-refractivity contribution in [3.8, 4) is 0 Å². The number of nitrogens with one attached hydrogen (secondary N) is 2. The molecule has 0 heterocycles. The Balaban J connectivity index is 1.44. The summed E-state index contributed by atoms with van der Waals surface area (Å²) in [7, 11) is 0. The molecule has 7 nitrogen and oxygen atoms in total. The third-order valence-corrected chi connectivity index (χ3v) is 4.97. The lowest BCUT2D eigenvalue weighted by molar-refractivity contribution is -0.384. The first-order valence-corrected chi connectivity index (χ1v) is 9.50. The molecular formula is C21H25N3O4. The van der Waals surface area contributed by atoms with Gasteiger partial charge in [-0.1, -0.05) is 36.4 Å². The maximum Gasteiger partial charge on any atom is 0.407 e. The number of hydrogen-bond donors (Lipinski definition) is 2. The van der Waals surface area contributed by atoms with Crippen molar-refractivity contribution in [1.82, 2.24) is 5.32 Å². The van der Waals surface area contributed by atoms with Gasteiger partial charge in [0.25, 0.3) is 5.69 Å². The molecule has 0 radical (unpaired) electrons. The minimum atomic E-state index is -0.408. The molecule has 3 rings (SSSR count). The van der Waals surface area contributed by atoms with Crippen LogP contribution in [0.3, 0.4) is 0 Å². The Labute approximate surface area is 164 Å². The van der Waals surface area contributed by atoms with Gasteiger partial charge in [-0.3, -0.25) is 10.1 Å². The summed E-state index contributed by atoms with van der Waals surface area (Å²) in [5.74, 6) is 0. The maximum absolute atomic E-state index is 12.0. The number of nitro groups is 1. The molecule has 0 atom stereocenters. The normalized spacial score (nSPS) is 18.9. The van der Waals surface area contributed by atoms with Crippen LogP contribution in [0.1, 0.15) is 36.8 Å². The third kappa shape index (κ3) is 5.45. The van der Waals surface area contributed by atoms with Crippen molar-refractivity contribution in [2.24, 2.45) is 0 Å². The summed E-state index contributed by atoms with van der Waals surface area (Å²) in [4.78, 5) is 22.9. The second kappa shape index (κ2) is 9.21. The summed E-state index contributed by atoms with van der Waals surface area (Å²) >= 11 is 0. The van der Waals surface area contributed by atoms with E-state index in [4.69, 9.17) is 4.74 Å². The Hall–Kier alpha value is -3.09. The Morgan fingerprint density at radius 3 is 2.46 bits per heavy atom. The van der Waals surface area contributed by atoms with Crippen molar-refractivity contribution in [1.29, 1.82) is 0 Å². The van der Waals surface area contributed by atoms with Gasteiger partial charge in [0.1, 0.15) is 12.3 Å². The molecule has 1 amide bonds. The van der Waals surface area contributed by atoms with E-state index in [1.54, 1.807) is 12.1 Å². The van der Waals surface area contributed by atoms with E-state index in [0.29, 0.717) is 5.69 Å². The monoisotopic (exact) mass is 383 g/mol. The number of nitro benzene ring substituents is 1. The summed E-state index contributed by atoms with van der Waals surface area (Å²) in [6, 6.07) is 15.0. The number of alkyl carbamates (subject to hydrolysis) is 1. The van der Waals surface area contributed by atoms with Crippen LogP contribution < -0.4 is 10.6 Å². The third-order valence-electron chi connectivity index (χ3n) is 4.97. The SMILES string of the molecule is Cc1ccc(NC2CCC(NC(=O)OCc3ccccc3)CC2)c([N+](=O)[O-])c1. The van der Waals surface area contributed by atoms with Crippen LogP contribution in [-0.4, -0.2) is 23.1 Å². The van der Waals surface area contributed by atoms with Crippen molar-refractivity contribution >= 4 is 17.5 Å². The molecule has 0 aliphatic heterocycles. The number of amides is 1. The van der Waals surface area contributed by atoms with Crippen molar-refractivity contribution < 1.29 is 14.5 Å². The first kappa shape index (κ1) is 19.7. The highest BCUT2D eigenvalue weighted by Crippen LogP contribution is 2.29. The van der Waals surface area contributed by atoms with Crippen LogP contribution in [0.5, 0.6) is 0 Å². The molecule has 2 aromatic carbocycles. The highest BCUT2D eigenvalue weighted by atomic mass is 16.6. The zero-order valence-corrected chi connectivity index (χ0v) is 15.9. The molecular weight excluding hydrogens is 358 g/mol. The quantitative estimate of drug-likeness (QED) is 0.564. The van der Waals surface area contributed by atoms with Gasteiger partial charge in [-0.05, 0) is 49.8 Å². The molecule has 148 valence electrons. The molecule has 0 bridgehead atoms. The summed E-state index contributed by atoms with van der Waals surface area (Å²) in [6.45, 7) is 2.09. The van der Waals surface area contributed by atoms with Crippen molar-refractivity contribution in [2.45, 2.75) is 51.3 Å². The number of benzene rings is 2. The van der Waals surface area contributed by atoms with Crippen LogP contribution in [0.15, 0.2) is 48.5 Å². The lowest BCUT2D eigenvalue weighted by Crippen LogP contribution is -2.40. The fourth-order valence-corrected chi connectivity index (χ4v) is 3.45. The molecule has 0 saturated heterocycles. The van der Waals surface area contributed by atoms with Crippen LogP contribution in [0, 0.1) is 17.0 Å². The Bertz CT molecular complexity index is 818. The minimum Gasteiger partial charge on any atom is -0.445 e. The van der Waals surface area contributed by atoms with Gasteiger partial charge in [-0.15, -0.1) is 0 Å². The van der Waals surface area contributed by atoms with Gasteiger partial charge in [0.05, 0.1) is 4.92 Å².